The molecule has 3 rings (SSSR count). The van der Waals surface area contributed by atoms with E-state index in [4.69, 9.17) is 0 Å². The van der Waals surface area contributed by atoms with Crippen molar-refractivity contribution in [3.05, 3.63) is 29.8 Å². The third-order valence-corrected chi connectivity index (χ3v) is 6.20. The first kappa shape index (κ1) is 14.9. The quantitative estimate of drug-likeness (QED) is 0.927. The number of nitrogens with one attached hydrogen (secondary N) is 1. The number of likely N-dealkylation sites (tertiary alicyclic amines) is 1. The van der Waals surface area contributed by atoms with Crippen molar-refractivity contribution in [2.24, 2.45) is 0 Å². The summed E-state index contributed by atoms with van der Waals surface area (Å²) in [4.78, 5) is 2.49. The van der Waals surface area contributed by atoms with E-state index in [0.717, 1.165) is 25.1 Å². The lowest BCUT2D eigenvalue weighted by Gasteiger charge is -2.24. The summed E-state index contributed by atoms with van der Waals surface area (Å²) in [5.41, 5.74) is 2.46. The Kier molecular flexibility index (Phi) is 4.50. The normalized spacial score (nSPS) is 23.2. The summed E-state index contributed by atoms with van der Waals surface area (Å²) in [7, 11) is -2.77. The highest BCUT2D eigenvalue weighted by atomic mass is 32.2. The monoisotopic (exact) mass is 308 g/mol. The van der Waals surface area contributed by atoms with Crippen molar-refractivity contribution >= 4 is 15.5 Å². The Hall–Kier alpha value is -1.07. The van der Waals surface area contributed by atoms with Gasteiger partial charge in [-0.05, 0) is 56.5 Å². The second kappa shape index (κ2) is 6.36. The van der Waals surface area contributed by atoms with Crippen molar-refractivity contribution in [1.29, 1.82) is 0 Å². The molecule has 0 bridgehead atoms. The number of nitrogens with zero attached hydrogens (tertiary/aromatic N) is 1. The SMILES string of the molecule is O=S1(=O)CCC(Nc2ccc(CN3CCCC3)cc2)CC1. The van der Waals surface area contributed by atoms with Gasteiger partial charge in [0.15, 0.2) is 0 Å². The molecule has 0 atom stereocenters. The Morgan fingerprint density at radius 3 is 2.29 bits per heavy atom. The molecule has 0 spiro atoms. The first-order valence-electron chi connectivity index (χ1n) is 7.89. The van der Waals surface area contributed by atoms with Crippen LogP contribution in [-0.4, -0.2) is 44.0 Å². The smallest absolute Gasteiger partial charge is 0.150 e. The van der Waals surface area contributed by atoms with Crippen molar-refractivity contribution in [2.75, 3.05) is 29.9 Å². The van der Waals surface area contributed by atoms with Crippen molar-refractivity contribution < 1.29 is 8.42 Å². The number of hydrogen-bond donors (Lipinski definition) is 1. The highest BCUT2D eigenvalue weighted by Crippen LogP contribution is 2.19. The summed E-state index contributed by atoms with van der Waals surface area (Å²) < 4.78 is 22.9. The van der Waals surface area contributed by atoms with Gasteiger partial charge in [0.1, 0.15) is 9.84 Å². The van der Waals surface area contributed by atoms with Gasteiger partial charge >= 0.3 is 0 Å². The van der Waals surface area contributed by atoms with Crippen LogP contribution >= 0.6 is 0 Å². The summed E-state index contributed by atoms with van der Waals surface area (Å²) in [6.07, 6.45) is 4.09. The first-order valence-corrected chi connectivity index (χ1v) is 9.71. The van der Waals surface area contributed by atoms with Crippen LogP contribution in [0.3, 0.4) is 0 Å². The van der Waals surface area contributed by atoms with E-state index in [1.807, 2.05) is 0 Å². The minimum atomic E-state index is -2.77. The first-order chi connectivity index (χ1) is 10.1. The molecule has 0 saturated carbocycles. The predicted octanol–water partition coefficient (Wildman–Crippen LogP) is 2.27. The summed E-state index contributed by atoms with van der Waals surface area (Å²) in [6, 6.07) is 8.89. The standard InChI is InChI=1S/C16H24N2O2S/c19-21(20)11-7-16(8-12-21)17-15-5-3-14(4-6-15)13-18-9-1-2-10-18/h3-6,16-17H,1-2,7-13H2. The van der Waals surface area contributed by atoms with Gasteiger partial charge in [-0.1, -0.05) is 12.1 Å². The van der Waals surface area contributed by atoms with Crippen LogP contribution in [0.25, 0.3) is 0 Å². The van der Waals surface area contributed by atoms with E-state index < -0.39 is 9.84 Å². The average Bonchev–Trinajstić information content (AvgIpc) is 2.96. The largest absolute Gasteiger partial charge is 0.382 e. The summed E-state index contributed by atoms with van der Waals surface area (Å²) in [6.45, 7) is 3.48. The average molecular weight is 308 g/mol. The molecule has 5 heteroatoms. The zero-order chi connectivity index (χ0) is 14.7. The van der Waals surface area contributed by atoms with Gasteiger partial charge in [0, 0.05) is 18.3 Å². The van der Waals surface area contributed by atoms with Gasteiger partial charge in [-0.25, -0.2) is 8.42 Å². The molecular weight excluding hydrogens is 284 g/mol. The van der Waals surface area contributed by atoms with Crippen LogP contribution in [0.2, 0.25) is 0 Å². The Balaban J connectivity index is 1.52. The third kappa shape index (κ3) is 4.20. The lowest BCUT2D eigenvalue weighted by molar-refractivity contribution is 0.331. The fourth-order valence-electron chi connectivity index (χ4n) is 3.18. The summed E-state index contributed by atoms with van der Waals surface area (Å²) in [5, 5.41) is 3.46. The topological polar surface area (TPSA) is 49.4 Å². The molecular formula is C16H24N2O2S. The van der Waals surface area contributed by atoms with E-state index in [-0.39, 0.29) is 6.04 Å². The molecule has 2 fully saturated rings. The molecule has 1 aromatic carbocycles. The van der Waals surface area contributed by atoms with Gasteiger partial charge < -0.3 is 5.32 Å². The zero-order valence-corrected chi connectivity index (χ0v) is 13.2. The van der Waals surface area contributed by atoms with Crippen LogP contribution in [-0.2, 0) is 16.4 Å². The maximum atomic E-state index is 11.4. The van der Waals surface area contributed by atoms with Crippen molar-refractivity contribution in [3.8, 4) is 0 Å². The molecule has 2 saturated heterocycles. The molecule has 0 unspecified atom stereocenters. The van der Waals surface area contributed by atoms with E-state index in [1.165, 1.54) is 31.5 Å². The predicted molar refractivity (Wildman–Crippen MR) is 86.3 cm³/mol. The van der Waals surface area contributed by atoms with Crippen LogP contribution < -0.4 is 5.32 Å². The lowest BCUT2D eigenvalue weighted by atomic mass is 10.1. The molecule has 1 aromatic rings. The zero-order valence-electron chi connectivity index (χ0n) is 12.4. The van der Waals surface area contributed by atoms with Crippen molar-refractivity contribution in [3.63, 3.8) is 0 Å². The van der Waals surface area contributed by atoms with E-state index in [0.29, 0.717) is 11.5 Å². The van der Waals surface area contributed by atoms with Gasteiger partial charge in [-0.2, -0.15) is 0 Å². The maximum Gasteiger partial charge on any atom is 0.150 e. The fraction of sp³-hybridized carbons (Fsp3) is 0.625. The second-order valence-electron chi connectivity index (χ2n) is 6.25. The van der Waals surface area contributed by atoms with Crippen LogP contribution in [0.5, 0.6) is 0 Å². The molecule has 21 heavy (non-hydrogen) atoms. The third-order valence-electron chi connectivity index (χ3n) is 4.48. The molecule has 2 aliphatic rings. The maximum absolute atomic E-state index is 11.4. The molecule has 2 aliphatic heterocycles. The van der Waals surface area contributed by atoms with Crippen molar-refractivity contribution in [2.45, 2.75) is 38.3 Å². The number of benzene rings is 1. The van der Waals surface area contributed by atoms with Crippen LogP contribution in [0, 0.1) is 0 Å². The Labute approximate surface area is 127 Å². The number of sulfone groups is 1. The molecule has 0 aliphatic carbocycles. The van der Waals surface area contributed by atoms with Gasteiger partial charge in [0.05, 0.1) is 11.5 Å². The lowest BCUT2D eigenvalue weighted by Crippen LogP contribution is -2.32. The van der Waals surface area contributed by atoms with E-state index in [9.17, 15) is 8.42 Å². The van der Waals surface area contributed by atoms with Gasteiger partial charge in [0.2, 0.25) is 0 Å². The number of anilines is 1. The Bertz CT molecular complexity index is 548. The minimum Gasteiger partial charge on any atom is -0.382 e. The van der Waals surface area contributed by atoms with E-state index in [1.54, 1.807) is 0 Å². The van der Waals surface area contributed by atoms with Crippen LogP contribution in [0.4, 0.5) is 5.69 Å². The van der Waals surface area contributed by atoms with E-state index in [2.05, 4.69) is 34.5 Å². The van der Waals surface area contributed by atoms with Gasteiger partial charge in [-0.15, -0.1) is 0 Å². The van der Waals surface area contributed by atoms with Gasteiger partial charge in [0.25, 0.3) is 0 Å². The molecule has 4 nitrogen and oxygen atoms in total. The minimum absolute atomic E-state index is 0.290. The molecule has 116 valence electrons. The second-order valence-corrected chi connectivity index (χ2v) is 8.55. The van der Waals surface area contributed by atoms with Crippen LogP contribution in [0.15, 0.2) is 24.3 Å². The number of hydrogen-bond acceptors (Lipinski definition) is 4. The molecule has 2 heterocycles. The highest BCUT2D eigenvalue weighted by Gasteiger charge is 2.23. The summed E-state index contributed by atoms with van der Waals surface area (Å²) in [5.74, 6) is 0.634. The van der Waals surface area contributed by atoms with Gasteiger partial charge in [-0.3, -0.25) is 4.90 Å². The molecule has 0 amide bonds. The Morgan fingerprint density at radius 1 is 1.05 bits per heavy atom. The summed E-state index contributed by atoms with van der Waals surface area (Å²) >= 11 is 0. The molecule has 0 radical (unpaired) electrons. The Morgan fingerprint density at radius 2 is 1.67 bits per heavy atom. The van der Waals surface area contributed by atoms with E-state index >= 15 is 0 Å². The van der Waals surface area contributed by atoms with Crippen molar-refractivity contribution in [1.82, 2.24) is 4.90 Å². The molecule has 0 aromatic heterocycles. The molecule has 1 N–H and O–H groups in total. The number of rotatable bonds is 4. The highest BCUT2D eigenvalue weighted by molar-refractivity contribution is 7.91. The fourth-order valence-corrected chi connectivity index (χ4v) is 4.67. The van der Waals surface area contributed by atoms with Crippen LogP contribution in [0.1, 0.15) is 31.2 Å².